The summed E-state index contributed by atoms with van der Waals surface area (Å²) in [5, 5.41) is 18.7. The van der Waals surface area contributed by atoms with Gasteiger partial charge in [0, 0.05) is 32.0 Å². The van der Waals surface area contributed by atoms with E-state index < -0.39 is 6.10 Å². The third-order valence-corrected chi connectivity index (χ3v) is 2.50. The van der Waals surface area contributed by atoms with Crippen molar-refractivity contribution in [2.45, 2.75) is 13.0 Å². The number of hydrogen-bond donors (Lipinski definition) is 2. The molecule has 1 aromatic rings. The minimum Gasteiger partial charge on any atom is -0.395 e. The fourth-order valence-corrected chi connectivity index (χ4v) is 1.65. The van der Waals surface area contributed by atoms with Crippen LogP contribution in [-0.2, 0) is 4.74 Å². The Morgan fingerprint density at radius 2 is 2.24 bits per heavy atom. The van der Waals surface area contributed by atoms with Crippen LogP contribution in [0.5, 0.6) is 0 Å². The summed E-state index contributed by atoms with van der Waals surface area (Å²) in [6, 6.07) is 3.63. The highest BCUT2D eigenvalue weighted by molar-refractivity contribution is 5.47. The molecular formula is C12H20N2O3. The van der Waals surface area contributed by atoms with E-state index in [1.165, 1.54) is 0 Å². The predicted molar refractivity (Wildman–Crippen MR) is 66.0 cm³/mol. The van der Waals surface area contributed by atoms with Crippen molar-refractivity contribution in [2.75, 3.05) is 38.3 Å². The van der Waals surface area contributed by atoms with Crippen LogP contribution in [0.4, 0.5) is 5.82 Å². The molecule has 0 fully saturated rings. The molecule has 0 spiro atoms. The molecule has 0 saturated heterocycles. The van der Waals surface area contributed by atoms with Crippen molar-refractivity contribution < 1.29 is 14.9 Å². The van der Waals surface area contributed by atoms with Crippen LogP contribution in [0.2, 0.25) is 0 Å². The second-order valence-electron chi connectivity index (χ2n) is 3.80. The normalized spacial score (nSPS) is 12.5. The Bertz CT molecular complexity index is 331. The summed E-state index contributed by atoms with van der Waals surface area (Å²) < 4.78 is 5.03. The maximum Gasteiger partial charge on any atom is 0.134 e. The quantitative estimate of drug-likeness (QED) is 0.730. The molecule has 1 unspecified atom stereocenters. The number of aliphatic hydroxyl groups is 2. The van der Waals surface area contributed by atoms with Gasteiger partial charge in [-0.1, -0.05) is 6.07 Å². The third kappa shape index (κ3) is 3.96. The Labute approximate surface area is 102 Å². The maximum atomic E-state index is 9.69. The van der Waals surface area contributed by atoms with Crippen molar-refractivity contribution >= 4 is 5.82 Å². The number of aliphatic hydroxyl groups excluding tert-OH is 2. The molecule has 17 heavy (non-hydrogen) atoms. The van der Waals surface area contributed by atoms with Gasteiger partial charge in [-0.25, -0.2) is 4.98 Å². The van der Waals surface area contributed by atoms with Gasteiger partial charge in [0.2, 0.25) is 0 Å². The zero-order valence-electron chi connectivity index (χ0n) is 10.3. The molecule has 0 amide bonds. The first-order valence-corrected chi connectivity index (χ1v) is 5.68. The molecule has 0 aliphatic rings. The zero-order valence-corrected chi connectivity index (χ0v) is 10.3. The monoisotopic (exact) mass is 240 g/mol. The highest BCUT2D eigenvalue weighted by Crippen LogP contribution is 2.23. The minimum absolute atomic E-state index is 0.0412. The number of methoxy groups -OCH3 is 1. The van der Waals surface area contributed by atoms with Crippen molar-refractivity contribution in [3.8, 4) is 0 Å². The molecule has 0 bridgehead atoms. The van der Waals surface area contributed by atoms with Gasteiger partial charge in [0.05, 0.1) is 19.3 Å². The van der Waals surface area contributed by atoms with Crippen LogP contribution >= 0.6 is 0 Å². The first-order valence-electron chi connectivity index (χ1n) is 5.68. The largest absolute Gasteiger partial charge is 0.395 e. The molecule has 1 rings (SSSR count). The van der Waals surface area contributed by atoms with E-state index in [-0.39, 0.29) is 6.61 Å². The van der Waals surface area contributed by atoms with Gasteiger partial charge in [-0.3, -0.25) is 0 Å². The van der Waals surface area contributed by atoms with Gasteiger partial charge in [-0.2, -0.15) is 0 Å². The van der Waals surface area contributed by atoms with E-state index in [1.54, 1.807) is 26.3 Å². The smallest absolute Gasteiger partial charge is 0.134 e. The van der Waals surface area contributed by atoms with Crippen LogP contribution in [0.3, 0.4) is 0 Å². The van der Waals surface area contributed by atoms with Crippen LogP contribution in [0.1, 0.15) is 18.6 Å². The van der Waals surface area contributed by atoms with E-state index >= 15 is 0 Å². The first-order chi connectivity index (χ1) is 8.20. The number of hydrogen-bond acceptors (Lipinski definition) is 5. The van der Waals surface area contributed by atoms with E-state index in [9.17, 15) is 5.11 Å². The Balaban J connectivity index is 2.91. The molecule has 0 radical (unpaired) electrons. The standard InChI is InChI=1S/C12H20N2O3/c1-10(16)11-4-3-5-13-12(11)14(6-8-15)7-9-17-2/h3-5,10,15-16H,6-9H2,1-2H3. The summed E-state index contributed by atoms with van der Waals surface area (Å²) in [5.41, 5.74) is 0.761. The van der Waals surface area contributed by atoms with Crippen LogP contribution in [0.25, 0.3) is 0 Å². The molecule has 0 aliphatic carbocycles. The SMILES string of the molecule is COCCN(CCO)c1ncccc1C(C)O. The van der Waals surface area contributed by atoms with E-state index in [2.05, 4.69) is 4.98 Å². The van der Waals surface area contributed by atoms with E-state index in [1.807, 2.05) is 11.0 Å². The van der Waals surface area contributed by atoms with Crippen molar-refractivity contribution in [3.05, 3.63) is 23.9 Å². The molecule has 5 nitrogen and oxygen atoms in total. The van der Waals surface area contributed by atoms with Crippen LogP contribution in [0, 0.1) is 0 Å². The second-order valence-corrected chi connectivity index (χ2v) is 3.80. The van der Waals surface area contributed by atoms with Gasteiger partial charge in [-0.05, 0) is 13.0 Å². The van der Waals surface area contributed by atoms with Crippen molar-refractivity contribution in [2.24, 2.45) is 0 Å². The van der Waals surface area contributed by atoms with Gasteiger partial charge < -0.3 is 19.8 Å². The van der Waals surface area contributed by atoms with Crippen LogP contribution < -0.4 is 4.90 Å². The summed E-state index contributed by atoms with van der Waals surface area (Å²) in [6.07, 6.45) is 1.10. The molecule has 0 aliphatic heterocycles. The van der Waals surface area contributed by atoms with Crippen molar-refractivity contribution in [3.63, 3.8) is 0 Å². The molecule has 5 heteroatoms. The molecule has 0 aromatic carbocycles. The Kier molecular flexibility index (Phi) is 5.90. The summed E-state index contributed by atoms with van der Waals surface area (Å²) in [6.45, 7) is 3.40. The highest BCUT2D eigenvalue weighted by atomic mass is 16.5. The third-order valence-electron chi connectivity index (χ3n) is 2.50. The van der Waals surface area contributed by atoms with E-state index in [4.69, 9.17) is 9.84 Å². The Morgan fingerprint density at radius 1 is 1.47 bits per heavy atom. The lowest BCUT2D eigenvalue weighted by molar-refractivity contribution is 0.195. The number of pyridine rings is 1. The van der Waals surface area contributed by atoms with Gasteiger partial charge in [0.1, 0.15) is 5.82 Å². The molecule has 1 heterocycles. The predicted octanol–water partition coefficient (Wildman–Crippen LogP) is 0.580. The number of anilines is 1. The topological polar surface area (TPSA) is 65.8 Å². The lowest BCUT2D eigenvalue weighted by Crippen LogP contribution is -2.32. The summed E-state index contributed by atoms with van der Waals surface area (Å²) in [4.78, 5) is 6.18. The summed E-state index contributed by atoms with van der Waals surface area (Å²) in [7, 11) is 1.63. The zero-order chi connectivity index (χ0) is 12.7. The second kappa shape index (κ2) is 7.21. The van der Waals surface area contributed by atoms with Crippen LogP contribution in [-0.4, -0.2) is 48.6 Å². The van der Waals surface area contributed by atoms with Crippen LogP contribution in [0.15, 0.2) is 18.3 Å². The Hall–Kier alpha value is -1.17. The van der Waals surface area contributed by atoms with E-state index in [0.717, 1.165) is 5.56 Å². The van der Waals surface area contributed by atoms with Gasteiger partial charge in [0.15, 0.2) is 0 Å². The number of aromatic nitrogens is 1. The Morgan fingerprint density at radius 3 is 2.82 bits per heavy atom. The lowest BCUT2D eigenvalue weighted by atomic mass is 10.1. The molecule has 1 aromatic heterocycles. The number of ether oxygens (including phenoxy) is 1. The summed E-state index contributed by atoms with van der Waals surface area (Å²) >= 11 is 0. The summed E-state index contributed by atoms with van der Waals surface area (Å²) in [5.74, 6) is 0.702. The van der Waals surface area contributed by atoms with Crippen molar-refractivity contribution in [1.29, 1.82) is 0 Å². The molecule has 2 N–H and O–H groups in total. The minimum atomic E-state index is -0.581. The fourth-order valence-electron chi connectivity index (χ4n) is 1.65. The average Bonchev–Trinajstić information content (AvgIpc) is 2.34. The van der Waals surface area contributed by atoms with E-state index in [0.29, 0.717) is 25.5 Å². The van der Waals surface area contributed by atoms with Crippen molar-refractivity contribution in [1.82, 2.24) is 4.98 Å². The van der Waals surface area contributed by atoms with Gasteiger partial charge in [0.25, 0.3) is 0 Å². The van der Waals surface area contributed by atoms with Gasteiger partial charge in [-0.15, -0.1) is 0 Å². The molecule has 0 saturated carbocycles. The fraction of sp³-hybridized carbons (Fsp3) is 0.583. The average molecular weight is 240 g/mol. The molecular weight excluding hydrogens is 220 g/mol. The molecule has 1 atom stereocenters. The lowest BCUT2D eigenvalue weighted by Gasteiger charge is -2.25. The number of nitrogens with zero attached hydrogens (tertiary/aromatic N) is 2. The first kappa shape index (κ1) is 13.9. The van der Waals surface area contributed by atoms with Gasteiger partial charge >= 0.3 is 0 Å². The molecule has 96 valence electrons. The maximum absolute atomic E-state index is 9.69. The highest BCUT2D eigenvalue weighted by Gasteiger charge is 2.14. The number of rotatable bonds is 7.